The Labute approximate surface area is 309 Å². The van der Waals surface area contributed by atoms with Crippen LogP contribution in [0.3, 0.4) is 0 Å². The van der Waals surface area contributed by atoms with Crippen molar-refractivity contribution in [3.8, 4) is 11.8 Å². The van der Waals surface area contributed by atoms with Crippen LogP contribution in [-0.2, 0) is 45.4 Å². The number of benzene rings is 2. The number of H-pyrrole nitrogens is 2. The highest BCUT2D eigenvalue weighted by Gasteiger charge is 2.12. The van der Waals surface area contributed by atoms with Crippen LogP contribution in [0.15, 0.2) is 61.2 Å². The van der Waals surface area contributed by atoms with Gasteiger partial charge in [-0.3, -0.25) is 0 Å². The molecule has 2 aromatic carbocycles. The summed E-state index contributed by atoms with van der Waals surface area (Å²) in [4.78, 5) is 42.5. The second-order valence-corrected chi connectivity index (χ2v) is 11.7. The lowest BCUT2D eigenvalue weighted by molar-refractivity contribution is 0.0411. The molecule has 0 saturated carbocycles. The van der Waals surface area contributed by atoms with Gasteiger partial charge in [0, 0.05) is 13.1 Å². The molecule has 6 rings (SSSR count). The number of nitrogens with one attached hydrogen (secondary N) is 4. The second kappa shape index (κ2) is 19.6. The number of aromatic nitrogens is 8. The Morgan fingerprint density at radius 2 is 0.926 bits per heavy atom. The van der Waals surface area contributed by atoms with Crippen molar-refractivity contribution in [2.24, 2.45) is 0 Å². The molecule has 6 aromatic rings. The van der Waals surface area contributed by atoms with Gasteiger partial charge in [0.25, 0.3) is 0 Å². The fourth-order valence-electron chi connectivity index (χ4n) is 4.98. The molecule has 0 spiro atoms. The SMILES string of the molecule is Nc1nc(OCc2ccc(COCCOCCNC(=O)NCCOCCOCc3ccc(COc4nc(N)nc5[nH]cnc45)cc3)cc2)c2nc[nH]c2n1. The van der Waals surface area contributed by atoms with Gasteiger partial charge in [0.1, 0.15) is 13.2 Å². The van der Waals surface area contributed by atoms with E-state index < -0.39 is 0 Å². The van der Waals surface area contributed by atoms with Crippen LogP contribution in [0.2, 0.25) is 0 Å². The lowest BCUT2D eigenvalue weighted by atomic mass is 10.1. The average Bonchev–Trinajstić information content (AvgIpc) is 3.86. The monoisotopic (exact) mass is 742 g/mol. The van der Waals surface area contributed by atoms with Gasteiger partial charge >= 0.3 is 6.03 Å². The number of hydrogen-bond donors (Lipinski definition) is 6. The number of nitrogens with zero attached hydrogens (tertiary/aromatic N) is 6. The van der Waals surface area contributed by atoms with E-state index in [0.717, 1.165) is 22.3 Å². The van der Waals surface area contributed by atoms with Gasteiger partial charge in [-0.1, -0.05) is 48.5 Å². The van der Waals surface area contributed by atoms with Crippen molar-refractivity contribution in [1.82, 2.24) is 50.5 Å². The number of ether oxygens (including phenoxy) is 6. The van der Waals surface area contributed by atoms with Gasteiger partial charge in [-0.15, -0.1) is 0 Å². The number of anilines is 2. The largest absolute Gasteiger partial charge is 0.471 e. The molecule has 0 atom stereocenters. The molecule has 284 valence electrons. The molecule has 2 amide bonds. The quantitative estimate of drug-likeness (QED) is 0.0546. The summed E-state index contributed by atoms with van der Waals surface area (Å²) in [5.41, 5.74) is 17.5. The third-order valence-electron chi connectivity index (χ3n) is 7.67. The Bertz CT molecular complexity index is 1910. The number of rotatable bonds is 22. The van der Waals surface area contributed by atoms with E-state index in [2.05, 4.69) is 50.5 Å². The van der Waals surface area contributed by atoms with E-state index in [-0.39, 0.29) is 17.9 Å². The first kappa shape index (κ1) is 37.6. The Morgan fingerprint density at radius 1 is 0.537 bits per heavy atom. The molecule has 19 heteroatoms. The van der Waals surface area contributed by atoms with Gasteiger partial charge in [0.15, 0.2) is 22.3 Å². The number of imidazole rings is 2. The maximum Gasteiger partial charge on any atom is 0.314 e. The van der Waals surface area contributed by atoms with Crippen molar-refractivity contribution in [3.63, 3.8) is 0 Å². The number of aromatic amines is 2. The van der Waals surface area contributed by atoms with Crippen LogP contribution in [0.25, 0.3) is 22.3 Å². The first-order valence-electron chi connectivity index (χ1n) is 17.2. The fourth-order valence-corrected chi connectivity index (χ4v) is 4.98. The maximum absolute atomic E-state index is 12.0. The third-order valence-corrected chi connectivity index (χ3v) is 7.67. The van der Waals surface area contributed by atoms with Gasteiger partial charge in [-0.05, 0) is 22.3 Å². The molecular formula is C35H42N12O7. The highest BCUT2D eigenvalue weighted by Crippen LogP contribution is 2.22. The number of nitrogen functional groups attached to an aromatic ring is 2. The minimum absolute atomic E-state index is 0.112. The summed E-state index contributed by atoms with van der Waals surface area (Å²) in [6, 6.07) is 15.4. The normalized spacial score (nSPS) is 11.3. The summed E-state index contributed by atoms with van der Waals surface area (Å²) in [7, 11) is 0. The molecule has 0 aliphatic heterocycles. The van der Waals surface area contributed by atoms with Crippen LogP contribution < -0.4 is 31.6 Å². The van der Waals surface area contributed by atoms with E-state index in [4.69, 9.17) is 39.9 Å². The van der Waals surface area contributed by atoms with E-state index in [1.54, 1.807) is 0 Å². The molecule has 8 N–H and O–H groups in total. The summed E-state index contributed by atoms with van der Waals surface area (Å²) in [6.07, 6.45) is 3.03. The number of amides is 2. The molecular weight excluding hydrogens is 700 g/mol. The molecule has 0 aliphatic rings. The Kier molecular flexibility index (Phi) is 13.7. The number of carbonyl (C=O) groups is 1. The first-order chi connectivity index (χ1) is 26.5. The minimum atomic E-state index is -0.288. The van der Waals surface area contributed by atoms with Gasteiger partial charge in [-0.25, -0.2) is 14.8 Å². The summed E-state index contributed by atoms with van der Waals surface area (Å²) in [6.45, 7) is 4.65. The van der Waals surface area contributed by atoms with Crippen LogP contribution in [0.5, 0.6) is 11.8 Å². The van der Waals surface area contributed by atoms with Crippen LogP contribution in [0.4, 0.5) is 16.7 Å². The van der Waals surface area contributed by atoms with Gasteiger partial charge in [0.2, 0.25) is 23.7 Å². The van der Waals surface area contributed by atoms with Crippen molar-refractivity contribution in [2.75, 3.05) is 64.2 Å². The van der Waals surface area contributed by atoms with E-state index in [9.17, 15) is 4.79 Å². The molecule has 0 fully saturated rings. The van der Waals surface area contributed by atoms with Crippen molar-refractivity contribution < 1.29 is 33.2 Å². The highest BCUT2D eigenvalue weighted by atomic mass is 16.5. The molecule has 0 unspecified atom stereocenters. The van der Waals surface area contributed by atoms with Crippen LogP contribution >= 0.6 is 0 Å². The number of hydrogen-bond acceptors (Lipinski definition) is 15. The van der Waals surface area contributed by atoms with E-state index in [1.807, 2.05) is 48.5 Å². The summed E-state index contributed by atoms with van der Waals surface area (Å²) < 4.78 is 34.1. The molecule has 54 heavy (non-hydrogen) atoms. The predicted molar refractivity (Wildman–Crippen MR) is 196 cm³/mol. The maximum atomic E-state index is 12.0. The van der Waals surface area contributed by atoms with Gasteiger partial charge in [-0.2, -0.15) is 19.9 Å². The number of urea groups is 1. The molecule has 19 nitrogen and oxygen atoms in total. The zero-order valence-corrected chi connectivity index (χ0v) is 29.5. The Morgan fingerprint density at radius 3 is 1.35 bits per heavy atom. The standard InChI is InChI=1S/C35H42N12O7/c36-33-44-29-27(40-21-42-29)31(46-33)53-19-25-5-1-23(2-6-25)17-51-15-13-49-11-9-38-35(48)39-10-12-50-14-16-52-18-24-3-7-26(8-4-24)20-54-32-28-30(43-22-41-28)45-34(37)47-32/h1-8,21-22H,9-20H2,(H2,38,39,48)(H3,36,40,42,44,46)(H3,37,41,43,45,47). The number of nitrogens with two attached hydrogens (primary N) is 2. The molecule has 4 heterocycles. The van der Waals surface area contributed by atoms with Crippen molar-refractivity contribution in [1.29, 1.82) is 0 Å². The summed E-state index contributed by atoms with van der Waals surface area (Å²) in [5.74, 6) is 0.882. The number of carbonyl (C=O) groups excluding carboxylic acids is 1. The van der Waals surface area contributed by atoms with Crippen LogP contribution in [-0.4, -0.2) is 98.6 Å². The first-order valence-corrected chi connectivity index (χ1v) is 17.2. The highest BCUT2D eigenvalue weighted by molar-refractivity contribution is 5.77. The Hall–Kier alpha value is -6.15. The summed E-state index contributed by atoms with van der Waals surface area (Å²) in [5, 5.41) is 5.49. The topological polar surface area (TPSA) is 257 Å². The molecule has 0 aliphatic carbocycles. The minimum Gasteiger partial charge on any atom is -0.471 e. The van der Waals surface area contributed by atoms with E-state index >= 15 is 0 Å². The molecule has 0 bridgehead atoms. The summed E-state index contributed by atoms with van der Waals surface area (Å²) >= 11 is 0. The lowest BCUT2D eigenvalue weighted by Gasteiger charge is -2.10. The zero-order chi connectivity index (χ0) is 37.4. The lowest BCUT2D eigenvalue weighted by Crippen LogP contribution is -2.39. The van der Waals surface area contributed by atoms with Gasteiger partial charge < -0.3 is 60.5 Å². The molecule has 0 saturated heterocycles. The number of fused-ring (bicyclic) bond motifs is 2. The van der Waals surface area contributed by atoms with Crippen molar-refractivity contribution in [3.05, 3.63) is 83.4 Å². The Balaban J connectivity index is 0.718. The predicted octanol–water partition coefficient (Wildman–Crippen LogP) is 2.41. The van der Waals surface area contributed by atoms with E-state index in [0.29, 0.717) is 113 Å². The van der Waals surface area contributed by atoms with Gasteiger partial charge in [0.05, 0.1) is 65.5 Å². The van der Waals surface area contributed by atoms with Crippen molar-refractivity contribution in [2.45, 2.75) is 26.4 Å². The zero-order valence-electron chi connectivity index (χ0n) is 29.5. The third kappa shape index (κ3) is 11.4. The second-order valence-electron chi connectivity index (χ2n) is 11.7. The van der Waals surface area contributed by atoms with Crippen molar-refractivity contribution >= 4 is 40.3 Å². The molecule has 4 aromatic heterocycles. The average molecular weight is 743 g/mol. The van der Waals surface area contributed by atoms with Crippen LogP contribution in [0, 0.1) is 0 Å². The molecule has 0 radical (unpaired) electrons. The van der Waals surface area contributed by atoms with Crippen LogP contribution in [0.1, 0.15) is 22.3 Å². The fraction of sp³-hybridized carbons (Fsp3) is 0.343. The smallest absolute Gasteiger partial charge is 0.314 e. The van der Waals surface area contributed by atoms with E-state index in [1.165, 1.54) is 12.7 Å².